The number of hydrogen-bond acceptors (Lipinski definition) is 4. The summed E-state index contributed by atoms with van der Waals surface area (Å²) < 4.78 is 17.1. The predicted octanol–water partition coefficient (Wildman–Crippen LogP) is 7.18. The van der Waals surface area contributed by atoms with Crippen LogP contribution in [-0.4, -0.2) is 37.4 Å². The summed E-state index contributed by atoms with van der Waals surface area (Å²) >= 11 is 3.43. The number of carbonyl (C=O) groups excluding carboxylic acids is 1. The molecule has 0 saturated carbocycles. The van der Waals surface area contributed by atoms with Gasteiger partial charge in [-0.3, -0.25) is 4.79 Å². The Hall–Kier alpha value is -1.01. The first-order valence-electron chi connectivity index (χ1n) is 12.6. The second-order valence-electron chi connectivity index (χ2n) is 7.80. The van der Waals surface area contributed by atoms with Crippen molar-refractivity contribution in [2.45, 2.75) is 116 Å². The fourth-order valence-electron chi connectivity index (χ4n) is 2.80. The Balaban J connectivity index is 4.13. The normalized spacial score (nSPS) is 10.4. The van der Waals surface area contributed by atoms with Crippen LogP contribution in [0.4, 0.5) is 0 Å². The Morgan fingerprint density at radius 1 is 0.719 bits per heavy atom. The fourth-order valence-corrected chi connectivity index (χ4v) is 3.20. The maximum atomic E-state index is 11.9. The van der Waals surface area contributed by atoms with Crippen LogP contribution in [0.3, 0.4) is 0 Å². The van der Waals surface area contributed by atoms with E-state index >= 15 is 0 Å². The van der Waals surface area contributed by atoms with Crippen molar-refractivity contribution in [1.29, 1.82) is 0 Å². The van der Waals surface area contributed by atoms with E-state index in [1.165, 1.54) is 25.7 Å². The number of rotatable bonds is 20. The molecule has 0 fully saturated rings. The van der Waals surface area contributed by atoms with Gasteiger partial charge in [0, 0.05) is 37.4 Å². The fraction of sp³-hybridized carbons (Fsp3) is 0.815. The van der Waals surface area contributed by atoms with E-state index in [1.54, 1.807) is 0 Å². The summed E-state index contributed by atoms with van der Waals surface area (Å²) in [6.07, 6.45) is 13.8. The first kappa shape index (κ1) is 31.0. The molecule has 0 aromatic carbocycles. The molecule has 0 amide bonds. The Morgan fingerprint density at radius 2 is 1.28 bits per heavy atom. The maximum absolute atomic E-state index is 11.9. The molecule has 0 radical (unpaired) electrons. The number of hydrogen-bond donors (Lipinski definition) is 0. The van der Waals surface area contributed by atoms with E-state index in [0.717, 1.165) is 43.9 Å². The van der Waals surface area contributed by atoms with Crippen LogP contribution in [0, 0.1) is 23.7 Å². The van der Waals surface area contributed by atoms with Gasteiger partial charge in [0.1, 0.15) is 0 Å². The topological polar surface area (TPSA) is 44.8 Å². The molecule has 4 nitrogen and oxygen atoms in total. The maximum Gasteiger partial charge on any atom is 0.305 e. The van der Waals surface area contributed by atoms with Crippen LogP contribution in [0.2, 0.25) is 0 Å². The van der Waals surface area contributed by atoms with E-state index in [2.05, 4.69) is 53.5 Å². The number of alkyl halides is 1. The van der Waals surface area contributed by atoms with E-state index in [0.29, 0.717) is 51.9 Å². The second kappa shape index (κ2) is 26.2. The Labute approximate surface area is 206 Å². The number of ether oxygens (including phenoxy) is 3. The van der Waals surface area contributed by atoms with Gasteiger partial charge in [0.05, 0.1) is 19.8 Å². The lowest BCUT2D eigenvalue weighted by molar-refractivity contribution is -0.149. The van der Waals surface area contributed by atoms with Crippen molar-refractivity contribution < 1.29 is 19.0 Å². The van der Waals surface area contributed by atoms with E-state index < -0.39 is 0 Å². The van der Waals surface area contributed by atoms with E-state index in [9.17, 15) is 4.79 Å². The standard InChI is InChI=1S/C27H45BrO4/c1-3-5-7-9-12-17-24-31-27(32-25-18-13-10-8-6-4-2)21-19-20-26(29)30-23-16-14-11-15-22-28/h27H,3-8,11,14-25H2,1-2H3. The molecular formula is C27H45BrO4. The summed E-state index contributed by atoms with van der Waals surface area (Å²) in [7, 11) is 0. The summed E-state index contributed by atoms with van der Waals surface area (Å²) in [6.45, 7) is 5.95. The second-order valence-corrected chi connectivity index (χ2v) is 8.59. The summed E-state index contributed by atoms with van der Waals surface area (Å²) in [6, 6.07) is 0. The van der Waals surface area contributed by atoms with Gasteiger partial charge in [0.25, 0.3) is 0 Å². The Kier molecular flexibility index (Phi) is 25.4. The van der Waals surface area contributed by atoms with Crippen LogP contribution in [0.25, 0.3) is 0 Å². The molecule has 0 aromatic heterocycles. The molecule has 0 heterocycles. The number of carbonyl (C=O) groups is 1. The monoisotopic (exact) mass is 512 g/mol. The SMILES string of the molecule is CCCCC#CCCOC(CCCC(=O)OCCCCCCBr)OCCC#CCCCC. The largest absolute Gasteiger partial charge is 0.466 e. The minimum atomic E-state index is -0.318. The van der Waals surface area contributed by atoms with Crippen LogP contribution in [0.15, 0.2) is 0 Å². The average molecular weight is 514 g/mol. The summed E-state index contributed by atoms with van der Waals surface area (Å²) in [5.41, 5.74) is 0. The van der Waals surface area contributed by atoms with E-state index in [-0.39, 0.29) is 12.3 Å². The van der Waals surface area contributed by atoms with E-state index in [4.69, 9.17) is 14.2 Å². The highest BCUT2D eigenvalue weighted by Crippen LogP contribution is 2.10. The van der Waals surface area contributed by atoms with Gasteiger partial charge in [-0.15, -0.1) is 23.7 Å². The third kappa shape index (κ3) is 23.6. The highest BCUT2D eigenvalue weighted by atomic mass is 79.9. The van der Waals surface area contributed by atoms with Gasteiger partial charge < -0.3 is 14.2 Å². The van der Waals surface area contributed by atoms with Gasteiger partial charge in [-0.2, -0.15) is 0 Å². The highest BCUT2D eigenvalue weighted by Gasteiger charge is 2.11. The van der Waals surface area contributed by atoms with Gasteiger partial charge in [-0.1, -0.05) is 55.5 Å². The van der Waals surface area contributed by atoms with Crippen molar-refractivity contribution >= 4 is 21.9 Å². The molecule has 0 unspecified atom stereocenters. The first-order chi connectivity index (χ1) is 15.7. The van der Waals surface area contributed by atoms with Crippen LogP contribution in [-0.2, 0) is 19.0 Å². The van der Waals surface area contributed by atoms with Crippen molar-refractivity contribution in [1.82, 2.24) is 0 Å². The van der Waals surface area contributed by atoms with Gasteiger partial charge in [-0.25, -0.2) is 0 Å². The van der Waals surface area contributed by atoms with Crippen molar-refractivity contribution in [2.24, 2.45) is 0 Å². The molecule has 0 bridgehead atoms. The molecule has 0 atom stereocenters. The minimum Gasteiger partial charge on any atom is -0.466 e. The van der Waals surface area contributed by atoms with Crippen LogP contribution in [0.1, 0.15) is 110 Å². The zero-order valence-corrected chi connectivity index (χ0v) is 22.1. The van der Waals surface area contributed by atoms with Crippen molar-refractivity contribution in [3.8, 4) is 23.7 Å². The van der Waals surface area contributed by atoms with Gasteiger partial charge in [-0.05, 0) is 38.5 Å². The lowest BCUT2D eigenvalue weighted by Crippen LogP contribution is -2.19. The molecule has 0 aliphatic rings. The molecule has 0 saturated heterocycles. The average Bonchev–Trinajstić information content (AvgIpc) is 2.79. The molecule has 0 N–H and O–H groups in total. The summed E-state index contributed by atoms with van der Waals surface area (Å²) in [5, 5.41) is 1.04. The van der Waals surface area contributed by atoms with Gasteiger partial charge >= 0.3 is 5.97 Å². The smallest absolute Gasteiger partial charge is 0.305 e. The third-order valence-corrected chi connectivity index (χ3v) is 5.29. The first-order valence-corrected chi connectivity index (χ1v) is 13.7. The molecule has 32 heavy (non-hydrogen) atoms. The van der Waals surface area contributed by atoms with Crippen LogP contribution >= 0.6 is 15.9 Å². The van der Waals surface area contributed by atoms with Gasteiger partial charge in [0.2, 0.25) is 0 Å². The molecular weight excluding hydrogens is 468 g/mol. The Bertz CT molecular complexity index is 509. The van der Waals surface area contributed by atoms with Crippen LogP contribution < -0.4 is 0 Å². The zero-order valence-electron chi connectivity index (χ0n) is 20.5. The molecule has 0 aromatic rings. The molecule has 0 spiro atoms. The molecule has 0 rings (SSSR count). The van der Waals surface area contributed by atoms with E-state index in [1.807, 2.05) is 0 Å². The van der Waals surface area contributed by atoms with Gasteiger partial charge in [0.15, 0.2) is 6.29 Å². The highest BCUT2D eigenvalue weighted by molar-refractivity contribution is 9.09. The molecule has 5 heteroatoms. The lowest BCUT2D eigenvalue weighted by atomic mass is 10.2. The lowest BCUT2D eigenvalue weighted by Gasteiger charge is -2.17. The molecule has 184 valence electrons. The number of esters is 1. The predicted molar refractivity (Wildman–Crippen MR) is 137 cm³/mol. The summed E-state index contributed by atoms with van der Waals surface area (Å²) in [5.74, 6) is 12.5. The number of unbranched alkanes of at least 4 members (excludes halogenated alkanes) is 7. The third-order valence-electron chi connectivity index (χ3n) is 4.73. The van der Waals surface area contributed by atoms with Crippen molar-refractivity contribution in [3.63, 3.8) is 0 Å². The minimum absolute atomic E-state index is 0.132. The van der Waals surface area contributed by atoms with Crippen molar-refractivity contribution in [2.75, 3.05) is 25.2 Å². The summed E-state index contributed by atoms with van der Waals surface area (Å²) in [4.78, 5) is 11.9. The zero-order chi connectivity index (χ0) is 23.5. The Morgan fingerprint density at radius 3 is 1.84 bits per heavy atom. The quantitative estimate of drug-likeness (QED) is 0.0569. The molecule has 0 aliphatic carbocycles. The molecule has 0 aliphatic heterocycles. The van der Waals surface area contributed by atoms with Crippen LogP contribution in [0.5, 0.6) is 0 Å². The number of halogens is 1. The van der Waals surface area contributed by atoms with Crippen molar-refractivity contribution in [3.05, 3.63) is 0 Å².